The Hall–Kier alpha value is -3.46. The molecule has 0 saturated heterocycles. The van der Waals surface area contributed by atoms with Gasteiger partial charge >= 0.3 is 0 Å². The lowest BCUT2D eigenvalue weighted by molar-refractivity contribution is -0.113. The lowest BCUT2D eigenvalue weighted by Crippen LogP contribution is -2.15. The van der Waals surface area contributed by atoms with E-state index >= 15 is 0 Å². The highest BCUT2D eigenvalue weighted by molar-refractivity contribution is 7.99. The molecule has 0 aliphatic rings. The molecule has 158 valence electrons. The van der Waals surface area contributed by atoms with Gasteiger partial charge in [-0.3, -0.25) is 4.79 Å². The number of rotatable bonds is 6. The van der Waals surface area contributed by atoms with E-state index in [1.165, 1.54) is 11.8 Å². The van der Waals surface area contributed by atoms with Crippen LogP contribution >= 0.6 is 11.8 Å². The van der Waals surface area contributed by atoms with Crippen molar-refractivity contribution < 1.29 is 9.32 Å². The lowest BCUT2D eigenvalue weighted by Gasteiger charge is -2.08. The molecule has 0 saturated carbocycles. The van der Waals surface area contributed by atoms with Crippen LogP contribution in [0.2, 0.25) is 0 Å². The van der Waals surface area contributed by atoms with E-state index in [0.717, 1.165) is 27.9 Å². The standard InChI is InChI=1S/C22H22N6O2S/c1-13-5-8-16(9-6-13)19-24-21(30-27-19)20-25-26-22(28(20)4)31-12-18(29)23-17-10-7-14(2)11-15(17)3/h5-11H,12H2,1-4H3,(H,23,29). The third-order valence-electron chi connectivity index (χ3n) is 4.75. The molecule has 4 aromatic rings. The molecule has 0 spiro atoms. The van der Waals surface area contributed by atoms with Gasteiger partial charge in [-0.05, 0) is 32.4 Å². The van der Waals surface area contributed by atoms with E-state index < -0.39 is 0 Å². The molecular formula is C22H22N6O2S. The van der Waals surface area contributed by atoms with Crippen LogP contribution in [0.5, 0.6) is 0 Å². The number of benzene rings is 2. The Balaban J connectivity index is 1.42. The minimum atomic E-state index is -0.110. The Labute approximate surface area is 184 Å². The van der Waals surface area contributed by atoms with Crippen LogP contribution in [0.25, 0.3) is 23.1 Å². The predicted octanol–water partition coefficient (Wildman–Crippen LogP) is 4.19. The van der Waals surface area contributed by atoms with Crippen LogP contribution in [-0.2, 0) is 11.8 Å². The van der Waals surface area contributed by atoms with Crippen LogP contribution in [0.4, 0.5) is 5.69 Å². The van der Waals surface area contributed by atoms with Crippen LogP contribution in [-0.4, -0.2) is 36.6 Å². The molecule has 1 amide bonds. The second-order valence-electron chi connectivity index (χ2n) is 7.31. The quantitative estimate of drug-likeness (QED) is 0.454. The minimum Gasteiger partial charge on any atom is -0.330 e. The molecule has 0 fully saturated rings. The van der Waals surface area contributed by atoms with Crippen LogP contribution in [0.3, 0.4) is 0 Å². The maximum absolute atomic E-state index is 12.4. The summed E-state index contributed by atoms with van der Waals surface area (Å²) in [5.74, 6) is 1.30. The largest absolute Gasteiger partial charge is 0.330 e. The van der Waals surface area contributed by atoms with Crippen LogP contribution in [0.15, 0.2) is 52.1 Å². The molecule has 1 N–H and O–H groups in total. The first-order valence-corrected chi connectivity index (χ1v) is 10.7. The SMILES string of the molecule is Cc1ccc(-c2noc(-c3nnc(SCC(=O)Nc4ccc(C)cc4C)n3C)n2)cc1. The van der Waals surface area contributed by atoms with E-state index in [9.17, 15) is 4.79 Å². The summed E-state index contributed by atoms with van der Waals surface area (Å²) in [6.45, 7) is 6.01. The van der Waals surface area contributed by atoms with Gasteiger partial charge in [0.05, 0.1) is 5.75 Å². The second kappa shape index (κ2) is 8.73. The van der Waals surface area contributed by atoms with Gasteiger partial charge in [0.25, 0.3) is 5.89 Å². The molecule has 9 heteroatoms. The monoisotopic (exact) mass is 434 g/mol. The molecular weight excluding hydrogens is 412 g/mol. The van der Waals surface area contributed by atoms with Gasteiger partial charge in [-0.25, -0.2) is 0 Å². The topological polar surface area (TPSA) is 98.7 Å². The molecule has 31 heavy (non-hydrogen) atoms. The van der Waals surface area contributed by atoms with E-state index in [4.69, 9.17) is 4.52 Å². The van der Waals surface area contributed by atoms with E-state index in [1.54, 1.807) is 11.6 Å². The molecule has 2 aromatic carbocycles. The summed E-state index contributed by atoms with van der Waals surface area (Å²) in [5, 5.41) is 15.9. The molecule has 0 aliphatic heterocycles. The third kappa shape index (κ3) is 4.66. The average molecular weight is 435 g/mol. The second-order valence-corrected chi connectivity index (χ2v) is 8.25. The number of hydrogen-bond acceptors (Lipinski definition) is 7. The predicted molar refractivity (Wildman–Crippen MR) is 120 cm³/mol. The first-order chi connectivity index (χ1) is 14.9. The van der Waals surface area contributed by atoms with E-state index in [-0.39, 0.29) is 17.6 Å². The average Bonchev–Trinajstić information content (AvgIpc) is 3.36. The maximum atomic E-state index is 12.4. The van der Waals surface area contributed by atoms with E-state index in [2.05, 4.69) is 25.7 Å². The van der Waals surface area contributed by atoms with Crippen LogP contribution in [0.1, 0.15) is 16.7 Å². The third-order valence-corrected chi connectivity index (χ3v) is 5.77. The van der Waals surface area contributed by atoms with Crippen molar-refractivity contribution in [2.24, 2.45) is 7.05 Å². The van der Waals surface area contributed by atoms with Gasteiger partial charge in [0.2, 0.25) is 17.6 Å². The summed E-state index contributed by atoms with van der Waals surface area (Å²) in [7, 11) is 1.80. The van der Waals surface area contributed by atoms with Gasteiger partial charge in [0.1, 0.15) is 0 Å². The number of nitrogens with one attached hydrogen (secondary N) is 1. The minimum absolute atomic E-state index is 0.110. The van der Waals surface area contributed by atoms with Gasteiger partial charge in [-0.15, -0.1) is 10.2 Å². The molecule has 0 aliphatic carbocycles. The summed E-state index contributed by atoms with van der Waals surface area (Å²) < 4.78 is 7.12. The van der Waals surface area contributed by atoms with Gasteiger partial charge in [0.15, 0.2) is 5.16 Å². The first-order valence-electron chi connectivity index (χ1n) is 9.71. The van der Waals surface area contributed by atoms with E-state index in [0.29, 0.717) is 16.8 Å². The Morgan fingerprint density at radius 1 is 1.06 bits per heavy atom. The highest BCUT2D eigenvalue weighted by Crippen LogP contribution is 2.24. The highest BCUT2D eigenvalue weighted by atomic mass is 32.2. The van der Waals surface area contributed by atoms with Gasteiger partial charge in [0, 0.05) is 18.3 Å². The Kier molecular flexibility index (Phi) is 5.85. The summed E-state index contributed by atoms with van der Waals surface area (Å²) in [6.07, 6.45) is 0. The van der Waals surface area contributed by atoms with Crippen molar-refractivity contribution in [3.8, 4) is 23.1 Å². The number of thioether (sulfide) groups is 1. The normalized spacial score (nSPS) is 11.0. The molecule has 0 unspecified atom stereocenters. The molecule has 8 nitrogen and oxygen atoms in total. The Bertz CT molecular complexity index is 1230. The zero-order valence-corrected chi connectivity index (χ0v) is 18.5. The fraction of sp³-hybridized carbons (Fsp3) is 0.227. The molecule has 4 rings (SSSR count). The summed E-state index contributed by atoms with van der Waals surface area (Å²) in [5.41, 5.74) is 5.01. The Morgan fingerprint density at radius 2 is 1.81 bits per heavy atom. The summed E-state index contributed by atoms with van der Waals surface area (Å²) in [6, 6.07) is 13.8. The first kappa shape index (κ1) is 20.8. The lowest BCUT2D eigenvalue weighted by atomic mass is 10.1. The van der Waals surface area contributed by atoms with Gasteiger partial charge in [-0.2, -0.15) is 4.98 Å². The fourth-order valence-corrected chi connectivity index (χ4v) is 3.74. The van der Waals surface area contributed by atoms with Gasteiger partial charge in [-0.1, -0.05) is 64.4 Å². The number of aromatic nitrogens is 5. The molecule has 2 heterocycles. The summed E-state index contributed by atoms with van der Waals surface area (Å²) >= 11 is 1.29. The van der Waals surface area contributed by atoms with Crippen molar-refractivity contribution in [1.82, 2.24) is 24.9 Å². The number of carbonyl (C=O) groups is 1. The maximum Gasteiger partial charge on any atom is 0.296 e. The van der Waals surface area contributed by atoms with Crippen molar-refractivity contribution in [2.75, 3.05) is 11.1 Å². The fourth-order valence-electron chi connectivity index (χ4n) is 3.03. The number of hydrogen-bond donors (Lipinski definition) is 1. The molecule has 2 aromatic heterocycles. The molecule has 0 radical (unpaired) electrons. The number of carbonyl (C=O) groups excluding carboxylic acids is 1. The highest BCUT2D eigenvalue weighted by Gasteiger charge is 2.19. The number of aryl methyl sites for hydroxylation is 3. The number of anilines is 1. The Morgan fingerprint density at radius 3 is 2.55 bits per heavy atom. The van der Waals surface area contributed by atoms with E-state index in [1.807, 2.05) is 63.2 Å². The number of nitrogens with zero attached hydrogens (tertiary/aromatic N) is 5. The van der Waals surface area contributed by atoms with Crippen LogP contribution < -0.4 is 5.32 Å². The molecule has 0 bridgehead atoms. The van der Waals surface area contributed by atoms with Crippen LogP contribution in [0, 0.1) is 20.8 Å². The number of amides is 1. The van der Waals surface area contributed by atoms with Crippen molar-refractivity contribution in [3.63, 3.8) is 0 Å². The van der Waals surface area contributed by atoms with Gasteiger partial charge < -0.3 is 14.4 Å². The zero-order valence-electron chi connectivity index (χ0n) is 17.7. The van der Waals surface area contributed by atoms with Crippen molar-refractivity contribution in [1.29, 1.82) is 0 Å². The van der Waals surface area contributed by atoms with Crippen molar-refractivity contribution >= 4 is 23.4 Å². The van der Waals surface area contributed by atoms with Crippen molar-refractivity contribution in [3.05, 3.63) is 59.2 Å². The molecule has 0 atom stereocenters. The smallest absolute Gasteiger partial charge is 0.296 e. The zero-order chi connectivity index (χ0) is 22.0. The summed E-state index contributed by atoms with van der Waals surface area (Å²) in [4.78, 5) is 16.8. The van der Waals surface area contributed by atoms with Crippen molar-refractivity contribution in [2.45, 2.75) is 25.9 Å².